The minimum Gasteiger partial charge on any atom is -1.00 e. The second-order valence-electron chi connectivity index (χ2n) is 0.707. The largest absolute Gasteiger partial charge is 2.00 e. The van der Waals surface area contributed by atoms with Crippen LogP contribution in [0.4, 0.5) is 0 Å². The molecule has 0 aromatic carbocycles. The molecule has 0 saturated carbocycles. The Labute approximate surface area is 123 Å². The second-order valence-corrected chi connectivity index (χ2v) is 0.707. The van der Waals surface area contributed by atoms with Gasteiger partial charge in [0.1, 0.15) is 0 Å². The molecule has 0 fully saturated rings. The standard InChI is InChI=1S/C3H8.2BrH.2ClH.2Mg/c1-3-2;;;;;;/h3H2,1-2H3;4*1H;;/q;;;;;2*+2/p-4. The normalized spacial score (nSPS) is 2.00. The summed E-state index contributed by atoms with van der Waals surface area (Å²) in [6.45, 7) is 4.25. The van der Waals surface area contributed by atoms with E-state index in [0.29, 0.717) is 0 Å². The molecule has 0 spiro atoms. The topological polar surface area (TPSA) is 0 Å². The van der Waals surface area contributed by atoms with Crippen LogP contribution in [0.15, 0.2) is 0 Å². The van der Waals surface area contributed by atoms with Crippen molar-refractivity contribution in [1.82, 2.24) is 0 Å². The van der Waals surface area contributed by atoms with Gasteiger partial charge >= 0.3 is 46.1 Å². The minimum atomic E-state index is 0. The molecule has 0 atom stereocenters. The van der Waals surface area contributed by atoms with E-state index in [1.807, 2.05) is 0 Å². The van der Waals surface area contributed by atoms with E-state index in [9.17, 15) is 0 Å². The Morgan fingerprint density at radius 1 is 0.778 bits per heavy atom. The van der Waals surface area contributed by atoms with E-state index in [2.05, 4.69) is 13.8 Å². The van der Waals surface area contributed by atoms with Crippen molar-refractivity contribution in [2.45, 2.75) is 20.3 Å². The fourth-order valence-corrected chi connectivity index (χ4v) is 0. The molecule has 9 heavy (non-hydrogen) atoms. The minimum absolute atomic E-state index is 0. The van der Waals surface area contributed by atoms with E-state index in [-0.39, 0.29) is 105 Å². The average molecular weight is 323 g/mol. The Kier molecular flexibility index (Phi) is 433. The summed E-state index contributed by atoms with van der Waals surface area (Å²) in [5, 5.41) is 0. The molecule has 0 bridgehead atoms. The van der Waals surface area contributed by atoms with Crippen LogP contribution in [0.5, 0.6) is 0 Å². The molecular weight excluding hydrogens is 315 g/mol. The van der Waals surface area contributed by atoms with E-state index in [1.54, 1.807) is 0 Å². The fourth-order valence-electron chi connectivity index (χ4n) is 0. The Morgan fingerprint density at radius 2 is 0.778 bits per heavy atom. The Bertz CT molecular complexity index is 17.8. The van der Waals surface area contributed by atoms with Crippen molar-refractivity contribution in [2.24, 2.45) is 0 Å². The van der Waals surface area contributed by atoms with Gasteiger partial charge in [0, 0.05) is 0 Å². The fraction of sp³-hybridized carbons (Fsp3) is 1.00. The van der Waals surface area contributed by atoms with E-state index >= 15 is 0 Å². The van der Waals surface area contributed by atoms with Crippen LogP contribution in [0.2, 0.25) is 0 Å². The first-order chi connectivity index (χ1) is 1.41. The molecule has 0 unspecified atom stereocenters. The van der Waals surface area contributed by atoms with Crippen LogP contribution in [0.1, 0.15) is 20.3 Å². The molecule has 0 aliphatic rings. The van der Waals surface area contributed by atoms with Gasteiger partial charge in [0.15, 0.2) is 0 Å². The van der Waals surface area contributed by atoms with Gasteiger partial charge in [-0.15, -0.1) is 0 Å². The average Bonchev–Trinajstić information content (AvgIpc) is 0.918. The van der Waals surface area contributed by atoms with Crippen LogP contribution in [0.25, 0.3) is 0 Å². The summed E-state index contributed by atoms with van der Waals surface area (Å²) in [5.41, 5.74) is 0. The SMILES string of the molecule is CCC.[Br-].[Br-].[Cl-].[Cl-].[Mg+2].[Mg+2]. The van der Waals surface area contributed by atoms with E-state index in [1.165, 1.54) is 6.42 Å². The van der Waals surface area contributed by atoms with Crippen LogP contribution < -0.4 is 58.8 Å². The molecule has 0 aromatic heterocycles. The molecule has 0 aromatic rings. The maximum Gasteiger partial charge on any atom is 2.00 e. The zero-order valence-electron chi connectivity index (χ0n) is 5.63. The molecule has 0 aliphatic heterocycles. The molecule has 0 rings (SSSR count). The predicted molar refractivity (Wildman–Crippen MR) is 27.5 cm³/mol. The number of halogens is 4. The zero-order valence-corrected chi connectivity index (χ0v) is 13.1. The van der Waals surface area contributed by atoms with Crippen LogP contribution >= 0.6 is 0 Å². The molecule has 6 heteroatoms. The third-order valence-corrected chi connectivity index (χ3v) is 0. The van der Waals surface area contributed by atoms with Gasteiger partial charge in [-0.2, -0.15) is 0 Å². The molecule has 0 aliphatic carbocycles. The van der Waals surface area contributed by atoms with Crippen molar-refractivity contribution in [2.75, 3.05) is 0 Å². The molecule has 0 radical (unpaired) electrons. The van der Waals surface area contributed by atoms with Gasteiger partial charge in [-0.05, 0) is 0 Å². The summed E-state index contributed by atoms with van der Waals surface area (Å²) in [7, 11) is 0. The van der Waals surface area contributed by atoms with Gasteiger partial charge in [-0.1, -0.05) is 20.3 Å². The summed E-state index contributed by atoms with van der Waals surface area (Å²) < 4.78 is 0. The van der Waals surface area contributed by atoms with Crippen molar-refractivity contribution < 1.29 is 58.8 Å². The Balaban J connectivity index is -0.00000000133. The van der Waals surface area contributed by atoms with Crippen molar-refractivity contribution in [3.8, 4) is 0 Å². The van der Waals surface area contributed by atoms with Gasteiger partial charge in [0.05, 0.1) is 0 Å². The maximum absolute atomic E-state index is 2.12. The van der Waals surface area contributed by atoms with Crippen LogP contribution in [0, 0.1) is 0 Å². The molecule has 0 N–H and O–H groups in total. The number of rotatable bonds is 0. The maximum atomic E-state index is 2.12. The first kappa shape index (κ1) is 57.5. The van der Waals surface area contributed by atoms with Gasteiger partial charge < -0.3 is 58.8 Å². The molecule has 0 heterocycles. The number of hydrogen-bond acceptors (Lipinski definition) is 0. The molecule has 0 amide bonds. The Morgan fingerprint density at radius 3 is 0.778 bits per heavy atom. The summed E-state index contributed by atoms with van der Waals surface area (Å²) in [6, 6.07) is 0. The predicted octanol–water partition coefficient (Wildman–Crippen LogP) is -11.3. The number of hydrogen-bond donors (Lipinski definition) is 0. The first-order valence-corrected chi connectivity index (χ1v) is 1.41. The molecular formula is C3H8Br2Cl2Mg2. The first-order valence-electron chi connectivity index (χ1n) is 1.41. The zero-order chi connectivity index (χ0) is 2.71. The van der Waals surface area contributed by atoms with Crippen molar-refractivity contribution in [3.63, 3.8) is 0 Å². The molecule has 0 nitrogen and oxygen atoms in total. The smallest absolute Gasteiger partial charge is 1.00 e. The van der Waals surface area contributed by atoms with Crippen molar-refractivity contribution in [1.29, 1.82) is 0 Å². The van der Waals surface area contributed by atoms with Crippen LogP contribution in [-0.4, -0.2) is 46.1 Å². The summed E-state index contributed by atoms with van der Waals surface area (Å²) in [5.74, 6) is 0. The van der Waals surface area contributed by atoms with Crippen molar-refractivity contribution in [3.05, 3.63) is 0 Å². The Hall–Kier alpha value is 3.07. The summed E-state index contributed by atoms with van der Waals surface area (Å²) in [6.07, 6.45) is 1.25. The molecule has 0 saturated heterocycles. The van der Waals surface area contributed by atoms with Gasteiger partial charge in [0.2, 0.25) is 0 Å². The van der Waals surface area contributed by atoms with Gasteiger partial charge in [-0.3, -0.25) is 0 Å². The third-order valence-electron chi connectivity index (χ3n) is 0. The quantitative estimate of drug-likeness (QED) is 0.389. The van der Waals surface area contributed by atoms with E-state index in [0.717, 1.165) is 0 Å². The van der Waals surface area contributed by atoms with E-state index in [4.69, 9.17) is 0 Å². The molecule has 52 valence electrons. The van der Waals surface area contributed by atoms with Crippen LogP contribution in [0.3, 0.4) is 0 Å². The monoisotopic (exact) mass is 320 g/mol. The van der Waals surface area contributed by atoms with Crippen molar-refractivity contribution >= 4 is 46.1 Å². The second kappa shape index (κ2) is 67.7. The van der Waals surface area contributed by atoms with Gasteiger partial charge in [0.25, 0.3) is 0 Å². The van der Waals surface area contributed by atoms with E-state index < -0.39 is 0 Å². The van der Waals surface area contributed by atoms with Crippen LogP contribution in [-0.2, 0) is 0 Å². The van der Waals surface area contributed by atoms with Gasteiger partial charge in [-0.25, -0.2) is 0 Å². The third kappa shape index (κ3) is 96.5. The summed E-state index contributed by atoms with van der Waals surface area (Å²) in [4.78, 5) is 0. The summed E-state index contributed by atoms with van der Waals surface area (Å²) >= 11 is 0.